The molecule has 166 valence electrons. The van der Waals surface area contributed by atoms with Crippen molar-refractivity contribution in [2.24, 2.45) is 0 Å². The Kier molecular flexibility index (Phi) is 6.34. The number of rotatable bonds is 7. The Bertz CT molecular complexity index is 932. The molecule has 2 aromatic carbocycles. The first-order chi connectivity index (χ1) is 15.0. The van der Waals surface area contributed by atoms with Crippen LogP contribution in [0.5, 0.6) is 11.5 Å². The molecule has 0 unspecified atom stereocenters. The predicted molar refractivity (Wildman–Crippen MR) is 118 cm³/mol. The van der Waals surface area contributed by atoms with Gasteiger partial charge in [0.1, 0.15) is 23.7 Å². The second-order valence-electron chi connectivity index (χ2n) is 8.31. The van der Waals surface area contributed by atoms with E-state index in [0.717, 1.165) is 28.3 Å². The molecule has 4 atom stereocenters. The lowest BCUT2D eigenvalue weighted by molar-refractivity contribution is -0.142. The largest absolute Gasteiger partial charge is 0.496 e. The highest BCUT2D eigenvalue weighted by Gasteiger charge is 2.46. The zero-order valence-electron chi connectivity index (χ0n) is 18.2. The van der Waals surface area contributed by atoms with Crippen LogP contribution < -0.4 is 19.7 Å². The number of hydrogen-bond donors (Lipinski definition) is 2. The van der Waals surface area contributed by atoms with E-state index in [1.54, 1.807) is 7.11 Å². The number of methoxy groups -OCH3 is 1. The number of hydrogen-bond acceptors (Lipinski definition) is 6. The van der Waals surface area contributed by atoms with Crippen LogP contribution in [0.2, 0.25) is 0 Å². The second kappa shape index (κ2) is 9.16. The fourth-order valence-electron chi connectivity index (χ4n) is 4.48. The summed E-state index contributed by atoms with van der Waals surface area (Å²) < 4.78 is 17.5. The molecule has 7 heteroatoms. The van der Waals surface area contributed by atoms with E-state index in [4.69, 9.17) is 14.2 Å². The van der Waals surface area contributed by atoms with E-state index in [1.165, 1.54) is 0 Å². The topological polar surface area (TPSA) is 80.3 Å². The van der Waals surface area contributed by atoms with Crippen molar-refractivity contribution in [1.82, 2.24) is 5.32 Å². The summed E-state index contributed by atoms with van der Waals surface area (Å²) in [5, 5.41) is 12.9. The number of benzene rings is 2. The zero-order chi connectivity index (χ0) is 22.0. The average Bonchev–Trinajstić information content (AvgIpc) is 3.15. The van der Waals surface area contributed by atoms with Gasteiger partial charge in [-0.1, -0.05) is 18.2 Å². The molecule has 2 aromatic rings. The molecule has 0 spiro atoms. The van der Waals surface area contributed by atoms with Gasteiger partial charge in [-0.05, 0) is 30.7 Å². The maximum absolute atomic E-state index is 12.6. The van der Waals surface area contributed by atoms with Crippen molar-refractivity contribution in [3.63, 3.8) is 0 Å². The Morgan fingerprint density at radius 3 is 2.81 bits per heavy atom. The van der Waals surface area contributed by atoms with Crippen molar-refractivity contribution in [3.05, 3.63) is 53.6 Å². The van der Waals surface area contributed by atoms with E-state index < -0.39 is 6.10 Å². The minimum Gasteiger partial charge on any atom is -0.496 e. The predicted octanol–water partition coefficient (Wildman–Crippen LogP) is 2.46. The van der Waals surface area contributed by atoms with Crippen LogP contribution in [0.25, 0.3) is 0 Å². The van der Waals surface area contributed by atoms with Gasteiger partial charge in [-0.3, -0.25) is 4.79 Å². The summed E-state index contributed by atoms with van der Waals surface area (Å²) in [6.07, 6.45) is -0.0649. The van der Waals surface area contributed by atoms with Crippen LogP contribution in [0.15, 0.2) is 42.5 Å². The quantitative estimate of drug-likeness (QED) is 0.708. The number of nitrogens with one attached hydrogen (secondary N) is 1. The van der Waals surface area contributed by atoms with Gasteiger partial charge in [-0.15, -0.1) is 0 Å². The first-order valence-corrected chi connectivity index (χ1v) is 10.6. The van der Waals surface area contributed by atoms with Gasteiger partial charge in [0.25, 0.3) is 0 Å². The molecule has 31 heavy (non-hydrogen) atoms. The molecule has 0 radical (unpaired) electrons. The number of nitrogens with zero attached hydrogens (tertiary/aromatic N) is 1. The lowest BCUT2D eigenvalue weighted by atomic mass is 9.84. The van der Waals surface area contributed by atoms with Gasteiger partial charge >= 0.3 is 0 Å². The van der Waals surface area contributed by atoms with Gasteiger partial charge in [-0.25, -0.2) is 0 Å². The van der Waals surface area contributed by atoms with Crippen LogP contribution in [0.4, 0.5) is 5.69 Å². The first-order valence-electron chi connectivity index (χ1n) is 10.6. The Morgan fingerprint density at radius 1 is 1.26 bits per heavy atom. The van der Waals surface area contributed by atoms with Crippen LogP contribution in [0.3, 0.4) is 0 Å². The molecule has 1 saturated heterocycles. The van der Waals surface area contributed by atoms with Crippen LogP contribution in [-0.4, -0.2) is 57.1 Å². The molecule has 0 aliphatic carbocycles. The third-order valence-corrected chi connectivity index (χ3v) is 6.08. The van der Waals surface area contributed by atoms with E-state index >= 15 is 0 Å². The summed E-state index contributed by atoms with van der Waals surface area (Å²) in [6.45, 7) is 0.248. The minimum absolute atomic E-state index is 0.0905. The van der Waals surface area contributed by atoms with Gasteiger partial charge in [0.2, 0.25) is 5.91 Å². The van der Waals surface area contributed by atoms with E-state index in [9.17, 15) is 9.90 Å². The van der Waals surface area contributed by atoms with Crippen molar-refractivity contribution in [2.45, 2.75) is 43.6 Å². The highest BCUT2D eigenvalue weighted by molar-refractivity contribution is 5.76. The number of carbonyl (C=O) groups excluding carboxylic acids is 1. The van der Waals surface area contributed by atoms with E-state index in [2.05, 4.69) is 16.3 Å². The molecular formula is C24H30N2O5. The molecule has 2 aliphatic heterocycles. The molecule has 0 bridgehead atoms. The number of aliphatic hydroxyl groups excluding tert-OH is 1. The summed E-state index contributed by atoms with van der Waals surface area (Å²) in [4.78, 5) is 14.7. The van der Waals surface area contributed by atoms with Gasteiger partial charge in [0, 0.05) is 43.4 Å². The third kappa shape index (κ3) is 4.48. The summed E-state index contributed by atoms with van der Waals surface area (Å²) in [5.41, 5.74) is 3.14. The maximum Gasteiger partial charge on any atom is 0.222 e. The van der Waals surface area contributed by atoms with Gasteiger partial charge in [-0.2, -0.15) is 0 Å². The van der Waals surface area contributed by atoms with Crippen LogP contribution in [0, 0.1) is 0 Å². The number of amides is 1. The highest BCUT2D eigenvalue weighted by atomic mass is 16.6. The standard InChI is InChI=1S/C24H30N2O5/c1-26(2)16-8-9-21-18(10-16)19-11-17(30-22(14-27)24(19)31-21)12-23(28)25-13-15-6-4-5-7-20(15)29-3/h4-10,17,19,22,24,27H,11-14H2,1-3H3,(H,25,28)/t17-,19-,22+,24+/m0/s1. The molecule has 7 nitrogen and oxygen atoms in total. The Balaban J connectivity index is 1.43. The summed E-state index contributed by atoms with van der Waals surface area (Å²) in [6, 6.07) is 13.8. The fourth-order valence-corrected chi connectivity index (χ4v) is 4.48. The van der Waals surface area contributed by atoms with Crippen molar-refractivity contribution < 1.29 is 24.1 Å². The van der Waals surface area contributed by atoms with Crippen LogP contribution >= 0.6 is 0 Å². The lowest BCUT2D eigenvalue weighted by Gasteiger charge is -2.37. The molecule has 0 saturated carbocycles. The van der Waals surface area contributed by atoms with Crippen LogP contribution in [-0.2, 0) is 16.1 Å². The van der Waals surface area contributed by atoms with Gasteiger partial charge < -0.3 is 29.5 Å². The van der Waals surface area contributed by atoms with E-state index in [1.807, 2.05) is 50.5 Å². The molecule has 2 heterocycles. The smallest absolute Gasteiger partial charge is 0.222 e. The Hall–Kier alpha value is -2.77. The number of fused-ring (bicyclic) bond motifs is 3. The van der Waals surface area contributed by atoms with E-state index in [-0.39, 0.29) is 37.1 Å². The molecule has 1 amide bonds. The summed E-state index contributed by atoms with van der Waals surface area (Å²) in [7, 11) is 5.62. The second-order valence-corrected chi connectivity index (χ2v) is 8.31. The number of para-hydroxylation sites is 1. The zero-order valence-corrected chi connectivity index (χ0v) is 18.2. The minimum atomic E-state index is -0.457. The average molecular weight is 427 g/mol. The van der Waals surface area contributed by atoms with Gasteiger partial charge in [0.15, 0.2) is 0 Å². The Morgan fingerprint density at radius 2 is 2.06 bits per heavy atom. The molecule has 4 rings (SSSR count). The summed E-state index contributed by atoms with van der Waals surface area (Å²) in [5.74, 6) is 1.58. The molecule has 2 N–H and O–H groups in total. The Labute approximate surface area is 182 Å². The van der Waals surface area contributed by atoms with Crippen molar-refractivity contribution >= 4 is 11.6 Å². The molecule has 2 aliphatic rings. The van der Waals surface area contributed by atoms with Crippen molar-refractivity contribution in [1.29, 1.82) is 0 Å². The SMILES string of the molecule is COc1ccccc1CNC(=O)C[C@@H]1C[C@H]2c3cc(N(C)C)ccc3O[C@H]2[C@@H](CO)O1. The fraction of sp³-hybridized carbons (Fsp3) is 0.458. The third-order valence-electron chi connectivity index (χ3n) is 6.08. The highest BCUT2D eigenvalue weighted by Crippen LogP contribution is 2.47. The maximum atomic E-state index is 12.6. The van der Waals surface area contributed by atoms with Gasteiger partial charge in [0.05, 0.1) is 26.2 Å². The molecule has 0 aromatic heterocycles. The summed E-state index contributed by atoms with van der Waals surface area (Å²) >= 11 is 0. The molecule has 1 fully saturated rings. The number of carbonyl (C=O) groups is 1. The van der Waals surface area contributed by atoms with Crippen molar-refractivity contribution in [3.8, 4) is 11.5 Å². The number of aliphatic hydroxyl groups is 1. The van der Waals surface area contributed by atoms with Crippen LogP contribution in [0.1, 0.15) is 29.9 Å². The van der Waals surface area contributed by atoms with E-state index in [0.29, 0.717) is 13.0 Å². The normalized spacial score (nSPS) is 24.0. The monoisotopic (exact) mass is 426 g/mol. The number of ether oxygens (including phenoxy) is 3. The first kappa shape index (κ1) is 21.5. The lowest BCUT2D eigenvalue weighted by Crippen LogP contribution is -2.47. The van der Waals surface area contributed by atoms with Crippen molar-refractivity contribution in [2.75, 3.05) is 32.7 Å². The number of anilines is 1. The molecular weight excluding hydrogens is 396 g/mol.